The van der Waals surface area contributed by atoms with Gasteiger partial charge in [-0.05, 0) is 24.5 Å². The third kappa shape index (κ3) is 3.10. The number of benzene rings is 1. The van der Waals surface area contributed by atoms with E-state index in [2.05, 4.69) is 5.32 Å². The summed E-state index contributed by atoms with van der Waals surface area (Å²) in [5.41, 5.74) is 7.54. The molecule has 2 aliphatic heterocycles. The number of aryl methyl sites for hydroxylation is 1. The summed E-state index contributed by atoms with van der Waals surface area (Å²) in [4.78, 5) is 12.4. The first-order valence-electron chi connectivity index (χ1n) is 7.57. The topological polar surface area (TPSA) is 73.6 Å². The number of hydrogen-bond donors (Lipinski definition) is 2. The van der Waals surface area contributed by atoms with Crippen LogP contribution in [-0.4, -0.2) is 37.4 Å². The number of para-hydroxylation sites is 1. The highest BCUT2D eigenvalue weighted by atomic mass is 16.5. The van der Waals surface area contributed by atoms with E-state index in [9.17, 15) is 4.79 Å². The summed E-state index contributed by atoms with van der Waals surface area (Å²) < 4.78 is 11.6. The van der Waals surface area contributed by atoms with E-state index in [1.54, 1.807) is 0 Å². The van der Waals surface area contributed by atoms with E-state index in [1.807, 2.05) is 24.3 Å². The molecule has 1 fully saturated rings. The number of carbonyl (C=O) groups excluding carboxylic acids is 1. The normalized spacial score (nSPS) is 24.8. The lowest BCUT2D eigenvalue weighted by Crippen LogP contribution is -2.50. The van der Waals surface area contributed by atoms with Crippen molar-refractivity contribution in [1.82, 2.24) is 0 Å². The number of hydrogen-bond acceptors (Lipinski definition) is 4. The minimum Gasteiger partial charge on any atom is -0.381 e. The molecule has 0 radical (unpaired) electrons. The molecule has 5 nitrogen and oxygen atoms in total. The van der Waals surface area contributed by atoms with Crippen molar-refractivity contribution in [2.24, 2.45) is 5.73 Å². The average Bonchev–Trinajstić information content (AvgIpc) is 2.68. The number of anilines is 1. The van der Waals surface area contributed by atoms with Gasteiger partial charge in [-0.1, -0.05) is 18.2 Å². The molecule has 0 saturated carbocycles. The Bertz CT molecular complexity index is 512. The van der Waals surface area contributed by atoms with E-state index < -0.39 is 11.7 Å². The van der Waals surface area contributed by atoms with Crippen molar-refractivity contribution in [2.75, 3.05) is 25.1 Å². The summed E-state index contributed by atoms with van der Waals surface area (Å²) in [6.07, 6.45) is 2.57. The molecular weight excluding hydrogens is 268 g/mol. The lowest BCUT2D eigenvalue weighted by Gasteiger charge is -2.38. The smallest absolute Gasteiger partial charge is 0.253 e. The van der Waals surface area contributed by atoms with Crippen LogP contribution in [0.5, 0.6) is 0 Å². The van der Waals surface area contributed by atoms with Gasteiger partial charge in [-0.2, -0.15) is 0 Å². The number of carbonyl (C=O) groups is 1. The van der Waals surface area contributed by atoms with Gasteiger partial charge in [0.15, 0.2) is 0 Å². The van der Waals surface area contributed by atoms with Gasteiger partial charge < -0.3 is 20.5 Å². The van der Waals surface area contributed by atoms with Crippen molar-refractivity contribution in [3.63, 3.8) is 0 Å². The number of amides is 1. The summed E-state index contributed by atoms with van der Waals surface area (Å²) in [6, 6.07) is 7.90. The highest BCUT2D eigenvalue weighted by molar-refractivity contribution is 5.95. The van der Waals surface area contributed by atoms with Gasteiger partial charge in [0.05, 0.1) is 5.60 Å². The summed E-state index contributed by atoms with van der Waals surface area (Å²) in [6.45, 7) is 1.71. The number of rotatable bonds is 3. The predicted molar refractivity (Wildman–Crippen MR) is 80.1 cm³/mol. The molecule has 3 rings (SSSR count). The van der Waals surface area contributed by atoms with Crippen LogP contribution in [0.25, 0.3) is 0 Å². The third-order valence-electron chi connectivity index (χ3n) is 4.41. The second kappa shape index (κ2) is 6.13. The van der Waals surface area contributed by atoms with E-state index in [0.29, 0.717) is 26.2 Å². The van der Waals surface area contributed by atoms with Crippen molar-refractivity contribution < 1.29 is 14.3 Å². The number of nitrogens with one attached hydrogen (secondary N) is 1. The predicted octanol–water partition coefficient (Wildman–Crippen LogP) is 1.46. The monoisotopic (exact) mass is 290 g/mol. The van der Waals surface area contributed by atoms with E-state index in [4.69, 9.17) is 15.2 Å². The first-order chi connectivity index (χ1) is 10.2. The number of nitrogens with two attached hydrogens (primary N) is 1. The molecule has 2 heterocycles. The zero-order chi connectivity index (χ0) is 14.7. The molecule has 1 aromatic rings. The fourth-order valence-electron chi connectivity index (χ4n) is 3.02. The Morgan fingerprint density at radius 3 is 2.86 bits per heavy atom. The van der Waals surface area contributed by atoms with Crippen LogP contribution in [-0.2, 0) is 20.7 Å². The molecule has 1 amide bonds. The molecule has 21 heavy (non-hydrogen) atoms. The van der Waals surface area contributed by atoms with Gasteiger partial charge in [-0.25, -0.2) is 0 Å². The van der Waals surface area contributed by atoms with Crippen molar-refractivity contribution >= 4 is 11.6 Å². The molecule has 2 aliphatic rings. The Kier molecular flexibility index (Phi) is 4.24. The van der Waals surface area contributed by atoms with Gasteiger partial charge in [0.25, 0.3) is 5.91 Å². The van der Waals surface area contributed by atoms with Gasteiger partial charge in [-0.3, -0.25) is 4.79 Å². The van der Waals surface area contributed by atoms with Crippen LogP contribution in [0.3, 0.4) is 0 Å². The van der Waals surface area contributed by atoms with Crippen molar-refractivity contribution in [3.05, 3.63) is 29.8 Å². The van der Waals surface area contributed by atoms with Gasteiger partial charge in [-0.15, -0.1) is 0 Å². The quantitative estimate of drug-likeness (QED) is 0.884. The summed E-state index contributed by atoms with van der Waals surface area (Å²) in [5, 5.41) is 2.97. The largest absolute Gasteiger partial charge is 0.381 e. The Balaban J connectivity index is 1.73. The molecule has 0 spiro atoms. The molecule has 1 atom stereocenters. The van der Waals surface area contributed by atoms with Crippen molar-refractivity contribution in [2.45, 2.75) is 37.4 Å². The van der Waals surface area contributed by atoms with Crippen molar-refractivity contribution in [1.29, 1.82) is 0 Å². The maximum atomic E-state index is 12.4. The molecule has 0 aliphatic carbocycles. The molecular formula is C16H22N2O3. The summed E-state index contributed by atoms with van der Waals surface area (Å²) in [5.74, 6) is -0.0701. The molecule has 0 aromatic heterocycles. The molecule has 5 heteroatoms. The Hall–Kier alpha value is -1.43. The maximum absolute atomic E-state index is 12.4. The fourth-order valence-corrected chi connectivity index (χ4v) is 3.02. The summed E-state index contributed by atoms with van der Waals surface area (Å²) >= 11 is 0. The summed E-state index contributed by atoms with van der Waals surface area (Å²) in [7, 11) is 0. The lowest BCUT2D eigenvalue weighted by atomic mass is 9.93. The van der Waals surface area contributed by atoms with Crippen LogP contribution < -0.4 is 11.1 Å². The van der Waals surface area contributed by atoms with Gasteiger partial charge in [0, 0.05) is 38.3 Å². The second-order valence-corrected chi connectivity index (χ2v) is 5.79. The minimum atomic E-state index is -0.445. The van der Waals surface area contributed by atoms with E-state index >= 15 is 0 Å². The standard InChI is InChI=1S/C16H22N2O3/c17-11-16(7-9-20-10-8-16)21-14-6-5-12-3-1-2-4-13(12)18-15(14)19/h1-4,14H,5-11,17H2,(H,18,19). The van der Waals surface area contributed by atoms with Crippen LogP contribution in [0.4, 0.5) is 5.69 Å². The Labute approximate surface area is 124 Å². The molecule has 0 bridgehead atoms. The zero-order valence-corrected chi connectivity index (χ0v) is 12.1. The van der Waals surface area contributed by atoms with Crippen LogP contribution in [0.15, 0.2) is 24.3 Å². The van der Waals surface area contributed by atoms with E-state index in [1.165, 1.54) is 0 Å². The van der Waals surface area contributed by atoms with Crippen LogP contribution >= 0.6 is 0 Å². The maximum Gasteiger partial charge on any atom is 0.253 e. The first kappa shape index (κ1) is 14.5. The molecule has 3 N–H and O–H groups in total. The van der Waals surface area contributed by atoms with Crippen LogP contribution in [0, 0.1) is 0 Å². The zero-order valence-electron chi connectivity index (χ0n) is 12.1. The van der Waals surface area contributed by atoms with E-state index in [-0.39, 0.29) is 5.91 Å². The molecule has 1 unspecified atom stereocenters. The highest BCUT2D eigenvalue weighted by Gasteiger charge is 2.37. The van der Waals surface area contributed by atoms with Crippen molar-refractivity contribution in [3.8, 4) is 0 Å². The Morgan fingerprint density at radius 2 is 2.10 bits per heavy atom. The first-order valence-corrected chi connectivity index (χ1v) is 7.57. The third-order valence-corrected chi connectivity index (χ3v) is 4.41. The number of fused-ring (bicyclic) bond motifs is 1. The molecule has 1 saturated heterocycles. The number of ether oxygens (including phenoxy) is 2. The average molecular weight is 290 g/mol. The molecule has 1 aromatic carbocycles. The SMILES string of the molecule is NCC1(OC2CCc3ccccc3NC2=O)CCOCC1. The van der Waals surface area contributed by atoms with Gasteiger partial charge in [0.1, 0.15) is 6.10 Å². The van der Waals surface area contributed by atoms with E-state index in [0.717, 1.165) is 30.5 Å². The van der Waals surface area contributed by atoms with Gasteiger partial charge >= 0.3 is 0 Å². The van der Waals surface area contributed by atoms with Crippen LogP contribution in [0.2, 0.25) is 0 Å². The van der Waals surface area contributed by atoms with Crippen LogP contribution in [0.1, 0.15) is 24.8 Å². The second-order valence-electron chi connectivity index (χ2n) is 5.79. The molecule has 114 valence electrons. The fraction of sp³-hybridized carbons (Fsp3) is 0.562. The van der Waals surface area contributed by atoms with Gasteiger partial charge in [0.2, 0.25) is 0 Å². The lowest BCUT2D eigenvalue weighted by molar-refractivity contribution is -0.157. The highest BCUT2D eigenvalue weighted by Crippen LogP contribution is 2.29. The Morgan fingerprint density at radius 1 is 1.33 bits per heavy atom. The minimum absolute atomic E-state index is 0.0701.